The van der Waals surface area contributed by atoms with Gasteiger partial charge in [0.1, 0.15) is 12.0 Å². The third-order valence-electron chi connectivity index (χ3n) is 3.35. The van der Waals surface area contributed by atoms with Crippen LogP contribution in [0.4, 0.5) is 11.6 Å². The Morgan fingerprint density at radius 1 is 1.00 bits per heavy atom. The highest BCUT2D eigenvalue weighted by atomic mass is 16.5. The number of carbonyl (C=O) groups excluding carboxylic acids is 1. The monoisotopic (exact) mass is 305 g/mol. The second-order valence-corrected chi connectivity index (χ2v) is 4.89. The zero-order valence-corrected chi connectivity index (χ0v) is 12.6. The Balaban J connectivity index is 1.77. The molecule has 3 rings (SSSR count). The van der Waals surface area contributed by atoms with Crippen LogP contribution in [0, 0.1) is 0 Å². The molecule has 0 saturated carbocycles. The number of ether oxygens (including phenoxy) is 1. The van der Waals surface area contributed by atoms with Gasteiger partial charge in [-0.3, -0.25) is 4.79 Å². The standard InChI is InChI=1S/C18H15N3O2/c1-23-17-7-5-14(6-8-17)15-10-19-18(20-11-15)21-16-4-2-3-13(9-16)12-22/h2-12H,1H3,(H,19,20,21). The molecule has 0 saturated heterocycles. The minimum Gasteiger partial charge on any atom is -0.497 e. The van der Waals surface area contributed by atoms with Gasteiger partial charge in [-0.2, -0.15) is 0 Å². The number of carbonyl (C=O) groups is 1. The molecule has 23 heavy (non-hydrogen) atoms. The van der Waals surface area contributed by atoms with Crippen molar-refractivity contribution in [1.82, 2.24) is 9.97 Å². The lowest BCUT2D eigenvalue weighted by molar-refractivity contribution is 0.112. The van der Waals surface area contributed by atoms with Crippen molar-refractivity contribution in [2.24, 2.45) is 0 Å². The summed E-state index contributed by atoms with van der Waals surface area (Å²) in [7, 11) is 1.64. The predicted octanol–water partition coefficient (Wildman–Crippen LogP) is 3.71. The van der Waals surface area contributed by atoms with Gasteiger partial charge in [-0.25, -0.2) is 9.97 Å². The molecule has 0 unspecified atom stereocenters. The normalized spacial score (nSPS) is 10.1. The quantitative estimate of drug-likeness (QED) is 0.728. The number of hydrogen-bond donors (Lipinski definition) is 1. The van der Waals surface area contributed by atoms with Crippen LogP contribution in [-0.4, -0.2) is 23.4 Å². The lowest BCUT2D eigenvalue weighted by atomic mass is 10.1. The number of benzene rings is 2. The molecule has 2 aromatic carbocycles. The fourth-order valence-corrected chi connectivity index (χ4v) is 2.14. The van der Waals surface area contributed by atoms with Crippen LogP contribution in [-0.2, 0) is 0 Å². The Bertz CT molecular complexity index is 799. The van der Waals surface area contributed by atoms with E-state index in [9.17, 15) is 4.79 Å². The van der Waals surface area contributed by atoms with Crippen LogP contribution in [0.5, 0.6) is 5.75 Å². The molecule has 3 aromatic rings. The van der Waals surface area contributed by atoms with Crippen molar-refractivity contribution < 1.29 is 9.53 Å². The Labute approximate surface area is 134 Å². The first-order valence-corrected chi connectivity index (χ1v) is 7.07. The third kappa shape index (κ3) is 3.52. The molecule has 0 aliphatic rings. The fraction of sp³-hybridized carbons (Fsp3) is 0.0556. The van der Waals surface area contributed by atoms with Gasteiger partial charge in [-0.15, -0.1) is 0 Å². The van der Waals surface area contributed by atoms with Crippen molar-refractivity contribution in [1.29, 1.82) is 0 Å². The van der Waals surface area contributed by atoms with E-state index >= 15 is 0 Å². The van der Waals surface area contributed by atoms with Crippen LogP contribution in [0.2, 0.25) is 0 Å². The van der Waals surface area contributed by atoms with Crippen LogP contribution in [0.15, 0.2) is 60.9 Å². The van der Waals surface area contributed by atoms with Gasteiger partial charge in [0, 0.05) is 29.2 Å². The Kier molecular flexibility index (Phi) is 4.29. The van der Waals surface area contributed by atoms with Crippen LogP contribution in [0.25, 0.3) is 11.1 Å². The van der Waals surface area contributed by atoms with E-state index in [0.29, 0.717) is 11.5 Å². The van der Waals surface area contributed by atoms with Gasteiger partial charge >= 0.3 is 0 Å². The molecular formula is C18H15N3O2. The van der Waals surface area contributed by atoms with Crippen molar-refractivity contribution in [2.45, 2.75) is 0 Å². The van der Waals surface area contributed by atoms with Crippen molar-refractivity contribution >= 4 is 17.9 Å². The summed E-state index contributed by atoms with van der Waals surface area (Å²) in [6.07, 6.45) is 4.31. The van der Waals surface area contributed by atoms with Gasteiger partial charge < -0.3 is 10.1 Å². The molecule has 0 radical (unpaired) electrons. The van der Waals surface area contributed by atoms with Gasteiger partial charge in [0.05, 0.1) is 7.11 Å². The minimum absolute atomic E-state index is 0.477. The first-order valence-electron chi connectivity index (χ1n) is 7.07. The Hall–Kier alpha value is -3.21. The lowest BCUT2D eigenvalue weighted by Gasteiger charge is -2.07. The van der Waals surface area contributed by atoms with Crippen molar-refractivity contribution in [3.05, 3.63) is 66.5 Å². The molecule has 1 heterocycles. The molecule has 1 N–H and O–H groups in total. The van der Waals surface area contributed by atoms with Gasteiger partial charge in [-0.05, 0) is 29.8 Å². The number of anilines is 2. The molecule has 0 aliphatic heterocycles. The predicted molar refractivity (Wildman–Crippen MR) is 89.1 cm³/mol. The highest BCUT2D eigenvalue weighted by Crippen LogP contribution is 2.22. The van der Waals surface area contributed by atoms with Crippen molar-refractivity contribution in [3.63, 3.8) is 0 Å². The fourth-order valence-electron chi connectivity index (χ4n) is 2.14. The largest absolute Gasteiger partial charge is 0.497 e. The molecule has 0 amide bonds. The highest BCUT2D eigenvalue weighted by molar-refractivity contribution is 5.77. The van der Waals surface area contributed by atoms with Gasteiger partial charge in [0.25, 0.3) is 0 Å². The molecule has 0 fully saturated rings. The molecule has 5 nitrogen and oxygen atoms in total. The summed E-state index contributed by atoms with van der Waals surface area (Å²) in [6, 6.07) is 14.8. The Morgan fingerprint density at radius 3 is 2.39 bits per heavy atom. The lowest BCUT2D eigenvalue weighted by Crippen LogP contribution is -1.97. The topological polar surface area (TPSA) is 64.1 Å². The molecular weight excluding hydrogens is 290 g/mol. The number of methoxy groups -OCH3 is 1. The van der Waals surface area contributed by atoms with Gasteiger partial charge in [0.2, 0.25) is 5.95 Å². The van der Waals surface area contributed by atoms with Crippen LogP contribution in [0.3, 0.4) is 0 Å². The smallest absolute Gasteiger partial charge is 0.227 e. The summed E-state index contributed by atoms with van der Waals surface area (Å²) >= 11 is 0. The maximum atomic E-state index is 10.8. The zero-order chi connectivity index (χ0) is 16.1. The third-order valence-corrected chi connectivity index (χ3v) is 3.35. The number of nitrogens with one attached hydrogen (secondary N) is 1. The summed E-state index contributed by atoms with van der Waals surface area (Å²) in [5.41, 5.74) is 3.30. The van der Waals surface area contributed by atoms with Gasteiger partial charge in [-0.1, -0.05) is 24.3 Å². The second kappa shape index (κ2) is 6.70. The van der Waals surface area contributed by atoms with E-state index in [-0.39, 0.29) is 0 Å². The summed E-state index contributed by atoms with van der Waals surface area (Å²) < 4.78 is 5.14. The number of rotatable bonds is 5. The number of nitrogens with zero attached hydrogens (tertiary/aromatic N) is 2. The molecule has 0 bridgehead atoms. The van der Waals surface area contributed by atoms with Crippen LogP contribution < -0.4 is 10.1 Å². The van der Waals surface area contributed by atoms with Gasteiger partial charge in [0.15, 0.2) is 0 Å². The zero-order valence-electron chi connectivity index (χ0n) is 12.6. The average molecular weight is 305 g/mol. The maximum absolute atomic E-state index is 10.8. The van der Waals surface area contributed by atoms with E-state index in [0.717, 1.165) is 28.8 Å². The molecule has 0 spiro atoms. The van der Waals surface area contributed by atoms with E-state index in [1.807, 2.05) is 30.3 Å². The van der Waals surface area contributed by atoms with Crippen LogP contribution >= 0.6 is 0 Å². The highest BCUT2D eigenvalue weighted by Gasteiger charge is 2.02. The molecule has 0 atom stereocenters. The summed E-state index contributed by atoms with van der Waals surface area (Å²) in [4.78, 5) is 19.4. The first-order chi connectivity index (χ1) is 11.3. The van der Waals surface area contributed by atoms with E-state index in [1.165, 1.54) is 0 Å². The Morgan fingerprint density at radius 2 is 1.74 bits per heavy atom. The molecule has 114 valence electrons. The first kappa shape index (κ1) is 14.7. The van der Waals surface area contributed by atoms with E-state index in [4.69, 9.17) is 4.74 Å². The average Bonchev–Trinajstić information content (AvgIpc) is 2.63. The molecule has 0 aliphatic carbocycles. The SMILES string of the molecule is COc1ccc(-c2cnc(Nc3cccc(C=O)c3)nc2)cc1. The number of hydrogen-bond acceptors (Lipinski definition) is 5. The van der Waals surface area contributed by atoms with E-state index in [1.54, 1.807) is 37.7 Å². The molecule has 5 heteroatoms. The molecule has 1 aromatic heterocycles. The van der Waals surface area contributed by atoms with E-state index in [2.05, 4.69) is 15.3 Å². The summed E-state index contributed by atoms with van der Waals surface area (Å²) in [5, 5.41) is 3.07. The summed E-state index contributed by atoms with van der Waals surface area (Å²) in [5.74, 6) is 1.29. The minimum atomic E-state index is 0.477. The second-order valence-electron chi connectivity index (χ2n) is 4.89. The summed E-state index contributed by atoms with van der Waals surface area (Å²) in [6.45, 7) is 0. The van der Waals surface area contributed by atoms with Crippen LogP contribution in [0.1, 0.15) is 10.4 Å². The van der Waals surface area contributed by atoms with Crippen molar-refractivity contribution in [2.75, 3.05) is 12.4 Å². The number of aldehydes is 1. The maximum Gasteiger partial charge on any atom is 0.227 e. The van der Waals surface area contributed by atoms with Crippen molar-refractivity contribution in [3.8, 4) is 16.9 Å². The van der Waals surface area contributed by atoms with E-state index < -0.39 is 0 Å². The number of aromatic nitrogens is 2.